The minimum Gasteiger partial charge on any atom is -0.350 e. The smallest absolute Gasteiger partial charge is 0.271 e. The van der Waals surface area contributed by atoms with Crippen LogP contribution in [0, 0.1) is 5.82 Å². The predicted octanol–water partition coefficient (Wildman–Crippen LogP) is 2.39. The molecule has 2 aliphatic rings. The fourth-order valence-electron chi connectivity index (χ4n) is 3.73. The number of carbonyl (C=O) groups is 2. The molecule has 8 nitrogen and oxygen atoms in total. The summed E-state index contributed by atoms with van der Waals surface area (Å²) < 4.78 is 15.7. The highest BCUT2D eigenvalue weighted by atomic mass is 19.1. The first-order chi connectivity index (χ1) is 14.6. The van der Waals surface area contributed by atoms with Crippen molar-refractivity contribution in [2.24, 2.45) is 0 Å². The van der Waals surface area contributed by atoms with Crippen LogP contribution in [0.25, 0.3) is 11.3 Å². The highest BCUT2D eigenvalue weighted by Gasteiger charge is 2.34. The van der Waals surface area contributed by atoms with Crippen LogP contribution in [0.4, 0.5) is 4.39 Å². The Hall–Kier alpha value is -3.49. The molecule has 2 aromatic heterocycles. The van der Waals surface area contributed by atoms with Gasteiger partial charge in [-0.3, -0.25) is 9.59 Å². The van der Waals surface area contributed by atoms with Gasteiger partial charge in [0.2, 0.25) is 0 Å². The highest BCUT2D eigenvalue weighted by molar-refractivity contribution is 5.94. The molecule has 2 fully saturated rings. The SMILES string of the molecule is O=C(NCC1CCN1C(=O)c1ccc(-c2ccccc2F)[nH]1)c1cnnn1C1CC1. The lowest BCUT2D eigenvalue weighted by molar-refractivity contribution is 0.0450. The monoisotopic (exact) mass is 408 g/mol. The van der Waals surface area contributed by atoms with Crippen molar-refractivity contribution in [3.8, 4) is 11.3 Å². The molecule has 9 heteroatoms. The molecule has 0 spiro atoms. The number of nitrogens with zero attached hydrogens (tertiary/aromatic N) is 4. The number of benzene rings is 1. The lowest BCUT2D eigenvalue weighted by Crippen LogP contribution is -2.56. The fourth-order valence-corrected chi connectivity index (χ4v) is 3.73. The van der Waals surface area contributed by atoms with Gasteiger partial charge in [0.25, 0.3) is 11.8 Å². The number of hydrogen-bond acceptors (Lipinski definition) is 4. The normalized spacial score (nSPS) is 18.2. The summed E-state index contributed by atoms with van der Waals surface area (Å²) in [6, 6.07) is 9.99. The molecule has 1 saturated carbocycles. The van der Waals surface area contributed by atoms with Crippen LogP contribution in [0.5, 0.6) is 0 Å². The Kier molecular flexibility index (Phi) is 4.57. The van der Waals surface area contributed by atoms with Crippen molar-refractivity contribution in [2.45, 2.75) is 31.3 Å². The van der Waals surface area contributed by atoms with E-state index < -0.39 is 0 Å². The van der Waals surface area contributed by atoms with E-state index in [9.17, 15) is 14.0 Å². The van der Waals surface area contributed by atoms with Gasteiger partial charge >= 0.3 is 0 Å². The maximum atomic E-state index is 14.0. The number of carbonyl (C=O) groups excluding carboxylic acids is 2. The Morgan fingerprint density at radius 2 is 2.00 bits per heavy atom. The molecule has 0 bridgehead atoms. The maximum Gasteiger partial charge on any atom is 0.271 e. The van der Waals surface area contributed by atoms with E-state index >= 15 is 0 Å². The second-order valence-electron chi connectivity index (χ2n) is 7.71. The second kappa shape index (κ2) is 7.40. The molecule has 5 rings (SSSR count). The van der Waals surface area contributed by atoms with Gasteiger partial charge in [-0.25, -0.2) is 9.07 Å². The van der Waals surface area contributed by atoms with Crippen molar-refractivity contribution >= 4 is 11.8 Å². The number of amides is 2. The third-order valence-corrected chi connectivity index (χ3v) is 5.68. The molecule has 1 atom stereocenters. The van der Waals surface area contributed by atoms with E-state index in [1.54, 1.807) is 39.9 Å². The number of likely N-dealkylation sites (tertiary alicyclic amines) is 1. The second-order valence-corrected chi connectivity index (χ2v) is 7.71. The van der Waals surface area contributed by atoms with E-state index in [1.807, 2.05) is 0 Å². The zero-order chi connectivity index (χ0) is 20.7. The molecule has 154 valence electrons. The third kappa shape index (κ3) is 3.36. The largest absolute Gasteiger partial charge is 0.350 e. The molecule has 1 aliphatic carbocycles. The Labute approximate surface area is 172 Å². The summed E-state index contributed by atoms with van der Waals surface area (Å²) in [6.07, 6.45) is 4.31. The van der Waals surface area contributed by atoms with Crippen molar-refractivity contribution in [1.82, 2.24) is 30.2 Å². The van der Waals surface area contributed by atoms with Crippen molar-refractivity contribution in [3.63, 3.8) is 0 Å². The average Bonchev–Trinajstić information content (AvgIpc) is 3.25. The Bertz CT molecular complexity index is 1100. The molecule has 0 radical (unpaired) electrons. The lowest BCUT2D eigenvalue weighted by atomic mass is 10.0. The van der Waals surface area contributed by atoms with Gasteiger partial charge in [-0.05, 0) is 43.5 Å². The topological polar surface area (TPSA) is 95.9 Å². The number of aromatic amines is 1. The van der Waals surface area contributed by atoms with Crippen LogP contribution in [0.2, 0.25) is 0 Å². The predicted molar refractivity (Wildman–Crippen MR) is 106 cm³/mol. The van der Waals surface area contributed by atoms with Crippen molar-refractivity contribution in [1.29, 1.82) is 0 Å². The zero-order valence-corrected chi connectivity index (χ0v) is 16.2. The van der Waals surface area contributed by atoms with E-state index in [0.29, 0.717) is 35.7 Å². The molecule has 1 aliphatic heterocycles. The number of rotatable bonds is 6. The Balaban J connectivity index is 1.22. The van der Waals surface area contributed by atoms with Gasteiger partial charge in [0.05, 0.1) is 18.3 Å². The van der Waals surface area contributed by atoms with Crippen LogP contribution >= 0.6 is 0 Å². The first-order valence-electron chi connectivity index (χ1n) is 10.0. The summed E-state index contributed by atoms with van der Waals surface area (Å²) in [5, 5.41) is 10.7. The van der Waals surface area contributed by atoms with E-state index in [2.05, 4.69) is 20.6 Å². The van der Waals surface area contributed by atoms with E-state index in [0.717, 1.165) is 19.3 Å². The van der Waals surface area contributed by atoms with Gasteiger partial charge in [-0.15, -0.1) is 5.10 Å². The molecule has 1 saturated heterocycles. The fraction of sp³-hybridized carbons (Fsp3) is 0.333. The molecule has 3 aromatic rings. The quantitative estimate of drug-likeness (QED) is 0.655. The number of hydrogen-bond donors (Lipinski definition) is 2. The van der Waals surface area contributed by atoms with Crippen LogP contribution < -0.4 is 5.32 Å². The standard InChI is InChI=1S/C21H21FN6O2/c22-16-4-2-1-3-15(16)17-7-8-18(25-17)21(30)27-10-9-14(27)11-23-20(29)19-12-24-26-28(19)13-5-6-13/h1-4,7-8,12-14,25H,5-6,9-11H2,(H,23,29). The van der Waals surface area contributed by atoms with Gasteiger partial charge in [0.1, 0.15) is 17.2 Å². The Morgan fingerprint density at radius 3 is 2.73 bits per heavy atom. The molecule has 30 heavy (non-hydrogen) atoms. The molecule has 2 amide bonds. The van der Waals surface area contributed by atoms with Gasteiger partial charge in [0.15, 0.2) is 0 Å². The molecule has 1 unspecified atom stereocenters. The summed E-state index contributed by atoms with van der Waals surface area (Å²) in [5.41, 5.74) is 1.83. The summed E-state index contributed by atoms with van der Waals surface area (Å²) in [4.78, 5) is 30.1. The minimum absolute atomic E-state index is 0.0769. The van der Waals surface area contributed by atoms with Gasteiger partial charge in [0, 0.05) is 24.3 Å². The van der Waals surface area contributed by atoms with E-state index in [4.69, 9.17) is 0 Å². The summed E-state index contributed by atoms with van der Waals surface area (Å²) in [7, 11) is 0. The van der Waals surface area contributed by atoms with Crippen LogP contribution in [-0.4, -0.2) is 55.8 Å². The van der Waals surface area contributed by atoms with Crippen molar-refractivity contribution in [3.05, 3.63) is 59.8 Å². The minimum atomic E-state index is -0.345. The average molecular weight is 408 g/mol. The van der Waals surface area contributed by atoms with Gasteiger partial charge in [-0.2, -0.15) is 0 Å². The summed E-state index contributed by atoms with van der Waals surface area (Å²) in [5.74, 6) is -0.733. The zero-order valence-electron chi connectivity index (χ0n) is 16.2. The van der Waals surface area contributed by atoms with Gasteiger partial charge < -0.3 is 15.2 Å². The number of nitrogens with one attached hydrogen (secondary N) is 2. The highest BCUT2D eigenvalue weighted by Crippen LogP contribution is 2.34. The van der Waals surface area contributed by atoms with Crippen LogP contribution in [-0.2, 0) is 0 Å². The van der Waals surface area contributed by atoms with Crippen LogP contribution in [0.1, 0.15) is 46.3 Å². The van der Waals surface area contributed by atoms with E-state index in [-0.39, 0.29) is 29.7 Å². The number of aromatic nitrogens is 4. The van der Waals surface area contributed by atoms with Crippen molar-refractivity contribution in [2.75, 3.05) is 13.1 Å². The van der Waals surface area contributed by atoms with Gasteiger partial charge in [-0.1, -0.05) is 17.3 Å². The number of halogens is 1. The van der Waals surface area contributed by atoms with Crippen LogP contribution in [0.15, 0.2) is 42.6 Å². The maximum absolute atomic E-state index is 14.0. The molecule has 3 heterocycles. The molecule has 2 N–H and O–H groups in total. The Morgan fingerprint density at radius 1 is 1.17 bits per heavy atom. The summed E-state index contributed by atoms with van der Waals surface area (Å²) >= 11 is 0. The molecular formula is C21H21FN6O2. The first kappa shape index (κ1) is 18.5. The third-order valence-electron chi connectivity index (χ3n) is 5.68. The number of H-pyrrole nitrogens is 1. The van der Waals surface area contributed by atoms with E-state index in [1.165, 1.54) is 12.3 Å². The molecular weight excluding hydrogens is 387 g/mol. The van der Waals surface area contributed by atoms with Crippen molar-refractivity contribution < 1.29 is 14.0 Å². The van der Waals surface area contributed by atoms with Crippen LogP contribution in [0.3, 0.4) is 0 Å². The summed E-state index contributed by atoms with van der Waals surface area (Å²) in [6.45, 7) is 0.982. The molecule has 1 aromatic carbocycles. The first-order valence-corrected chi connectivity index (χ1v) is 10.0. The lowest BCUT2D eigenvalue weighted by Gasteiger charge is -2.40.